The van der Waals surface area contributed by atoms with Crippen LogP contribution in [-0.4, -0.2) is 77.8 Å². The molecule has 0 unspecified atom stereocenters. The van der Waals surface area contributed by atoms with E-state index in [1.54, 1.807) is 0 Å². The summed E-state index contributed by atoms with van der Waals surface area (Å²) in [7, 11) is -3.79. The Balaban J connectivity index is -0.000000180. The minimum atomic E-state index is -3.79. The third-order valence-electron chi connectivity index (χ3n) is 0.328. The molecule has 0 aromatic carbocycles. The average Bonchev–Trinajstić information content (AvgIpc) is 1.30. The Labute approximate surface area is 99.2 Å². The second-order valence-electron chi connectivity index (χ2n) is 1.04. The van der Waals surface area contributed by atoms with E-state index in [0.29, 0.717) is 0 Å². The van der Waals surface area contributed by atoms with Crippen LogP contribution in [0.1, 0.15) is 0 Å². The maximum atomic E-state index is 9.72. The minimum absolute atomic E-state index is 0. The van der Waals surface area contributed by atoms with Gasteiger partial charge in [0.05, 0.1) is 5.75 Å². The Morgan fingerprint density at radius 2 is 1.78 bits per heavy atom. The summed E-state index contributed by atoms with van der Waals surface area (Å²) < 4.78 is 27.3. The molecular formula is C3H8Na2O3S. The molecule has 0 heterocycles. The summed E-state index contributed by atoms with van der Waals surface area (Å²) >= 11 is 0. The van der Waals surface area contributed by atoms with E-state index in [2.05, 4.69) is 6.58 Å². The average molecular weight is 170 g/mol. The second-order valence-corrected chi connectivity index (χ2v) is 2.53. The molecule has 9 heavy (non-hydrogen) atoms. The van der Waals surface area contributed by atoms with Crippen molar-refractivity contribution in [2.24, 2.45) is 0 Å². The molecule has 0 saturated carbocycles. The molecule has 0 radical (unpaired) electrons. The van der Waals surface area contributed by atoms with Gasteiger partial charge in [-0.05, 0) is 0 Å². The van der Waals surface area contributed by atoms with Gasteiger partial charge in [0.2, 0.25) is 0 Å². The topological polar surface area (TPSA) is 54.4 Å². The first-order valence-corrected chi connectivity index (χ1v) is 3.23. The number of rotatable bonds is 2. The van der Waals surface area contributed by atoms with Crippen molar-refractivity contribution in [2.75, 3.05) is 5.75 Å². The van der Waals surface area contributed by atoms with Crippen molar-refractivity contribution in [3.8, 4) is 0 Å². The monoisotopic (exact) mass is 170 g/mol. The fraction of sp³-hybridized carbons (Fsp3) is 0.333. The van der Waals surface area contributed by atoms with Crippen LogP contribution in [0.15, 0.2) is 12.7 Å². The molecule has 0 aliphatic carbocycles. The molecule has 0 aliphatic rings. The van der Waals surface area contributed by atoms with Gasteiger partial charge in [0, 0.05) is 0 Å². The zero-order valence-corrected chi connectivity index (χ0v) is 4.48. The molecule has 0 aliphatic heterocycles. The molecule has 46 valence electrons. The summed E-state index contributed by atoms with van der Waals surface area (Å²) in [6, 6.07) is 0. The maximum absolute atomic E-state index is 9.72. The van der Waals surface area contributed by atoms with Crippen LogP contribution in [0, 0.1) is 0 Å². The van der Waals surface area contributed by atoms with Crippen LogP contribution in [0.25, 0.3) is 0 Å². The Kier molecular flexibility index (Phi) is 14.6. The van der Waals surface area contributed by atoms with Crippen LogP contribution < -0.4 is 0 Å². The van der Waals surface area contributed by atoms with Crippen LogP contribution in [0.5, 0.6) is 0 Å². The molecule has 0 aromatic rings. The summed E-state index contributed by atoms with van der Waals surface area (Å²) in [5, 5.41) is 0. The quantitative estimate of drug-likeness (QED) is 0.320. The molecule has 0 amide bonds. The predicted molar refractivity (Wildman–Crippen MR) is 40.9 cm³/mol. The first-order valence-electron chi connectivity index (χ1n) is 1.62. The van der Waals surface area contributed by atoms with Crippen LogP contribution in [0.2, 0.25) is 0 Å². The van der Waals surface area contributed by atoms with Crippen LogP contribution in [-0.2, 0) is 10.1 Å². The van der Waals surface area contributed by atoms with Gasteiger partial charge in [0.25, 0.3) is 10.1 Å². The van der Waals surface area contributed by atoms with Crippen molar-refractivity contribution in [1.29, 1.82) is 0 Å². The van der Waals surface area contributed by atoms with Gasteiger partial charge in [0.1, 0.15) is 0 Å². The Morgan fingerprint density at radius 1 is 1.44 bits per heavy atom. The van der Waals surface area contributed by atoms with E-state index >= 15 is 0 Å². The van der Waals surface area contributed by atoms with Crippen molar-refractivity contribution in [3.63, 3.8) is 0 Å². The molecule has 6 heteroatoms. The van der Waals surface area contributed by atoms with Gasteiger partial charge in [-0.15, -0.1) is 6.58 Å². The van der Waals surface area contributed by atoms with E-state index in [0.717, 1.165) is 6.08 Å². The SMILES string of the molecule is C=CCS(=O)(=O)O.[NaH].[NaH]. The molecule has 0 bridgehead atoms. The molecule has 0 saturated heterocycles. The fourth-order valence-electron chi connectivity index (χ4n) is 0.149. The first-order chi connectivity index (χ1) is 3.06. The van der Waals surface area contributed by atoms with Crippen molar-refractivity contribution in [2.45, 2.75) is 0 Å². The van der Waals surface area contributed by atoms with Crippen LogP contribution >= 0.6 is 0 Å². The first kappa shape index (κ1) is 16.9. The van der Waals surface area contributed by atoms with E-state index in [4.69, 9.17) is 4.55 Å². The zero-order valence-electron chi connectivity index (χ0n) is 3.66. The Morgan fingerprint density at radius 3 is 1.78 bits per heavy atom. The molecule has 0 spiro atoms. The molecule has 3 nitrogen and oxygen atoms in total. The summed E-state index contributed by atoms with van der Waals surface area (Å²) in [6.07, 6.45) is 1.12. The fourth-order valence-corrected chi connectivity index (χ4v) is 0.447. The van der Waals surface area contributed by atoms with Gasteiger partial charge in [-0.2, -0.15) is 8.42 Å². The van der Waals surface area contributed by atoms with Gasteiger partial charge >= 0.3 is 59.1 Å². The summed E-state index contributed by atoms with van der Waals surface area (Å²) in [6.45, 7) is 3.11. The number of hydrogen-bond acceptors (Lipinski definition) is 2. The van der Waals surface area contributed by atoms with Gasteiger partial charge < -0.3 is 0 Å². The Bertz CT molecular complexity index is 150. The van der Waals surface area contributed by atoms with E-state index in [1.807, 2.05) is 0 Å². The molecule has 0 rings (SSSR count). The zero-order chi connectivity index (χ0) is 5.91. The molecule has 0 aromatic heterocycles. The van der Waals surface area contributed by atoms with Gasteiger partial charge in [-0.1, -0.05) is 6.08 Å². The van der Waals surface area contributed by atoms with E-state index in [1.165, 1.54) is 0 Å². The molecule has 0 atom stereocenters. The van der Waals surface area contributed by atoms with E-state index in [-0.39, 0.29) is 64.9 Å². The predicted octanol–water partition coefficient (Wildman–Crippen LogP) is -1.24. The summed E-state index contributed by atoms with van der Waals surface area (Å²) in [4.78, 5) is 0. The van der Waals surface area contributed by atoms with Crippen LogP contribution in [0.4, 0.5) is 0 Å². The third kappa shape index (κ3) is 17.7. The summed E-state index contributed by atoms with van der Waals surface area (Å²) in [5.41, 5.74) is 0. The summed E-state index contributed by atoms with van der Waals surface area (Å²) in [5.74, 6) is -0.368. The Hall–Kier alpha value is 1.65. The van der Waals surface area contributed by atoms with Crippen molar-refractivity contribution in [1.82, 2.24) is 0 Å². The standard InChI is InChI=1S/C3H6O3S.2Na.2H/c1-2-3-7(4,5)6;;;;/h2H,1,3H2,(H,4,5,6);;;;. The van der Waals surface area contributed by atoms with Crippen LogP contribution in [0.3, 0.4) is 0 Å². The van der Waals surface area contributed by atoms with Gasteiger partial charge in [-0.25, -0.2) is 0 Å². The third-order valence-corrected chi connectivity index (χ3v) is 0.985. The van der Waals surface area contributed by atoms with Crippen molar-refractivity contribution >= 4 is 69.2 Å². The van der Waals surface area contributed by atoms with Crippen molar-refractivity contribution < 1.29 is 13.0 Å². The molecule has 0 fully saturated rings. The van der Waals surface area contributed by atoms with E-state index < -0.39 is 10.1 Å². The molecular weight excluding hydrogens is 162 g/mol. The molecule has 1 N–H and O–H groups in total. The van der Waals surface area contributed by atoms with Gasteiger partial charge in [-0.3, -0.25) is 4.55 Å². The number of hydrogen-bond donors (Lipinski definition) is 1. The second kappa shape index (κ2) is 7.75. The van der Waals surface area contributed by atoms with E-state index in [9.17, 15) is 8.42 Å². The normalized spacial score (nSPS) is 8.56. The van der Waals surface area contributed by atoms with Gasteiger partial charge in [0.15, 0.2) is 0 Å². The van der Waals surface area contributed by atoms with Crippen molar-refractivity contribution in [3.05, 3.63) is 12.7 Å².